The van der Waals surface area contributed by atoms with E-state index in [9.17, 15) is 0 Å². The van der Waals surface area contributed by atoms with Gasteiger partial charge in [-0.15, -0.1) is 0 Å². The molecule has 0 bridgehead atoms. The van der Waals surface area contributed by atoms with Crippen molar-refractivity contribution in [2.75, 3.05) is 16.5 Å². The number of hydrogen-bond acceptors (Lipinski definition) is 4. The van der Waals surface area contributed by atoms with Crippen LogP contribution in [0.1, 0.15) is 70.7 Å². The molecule has 1 aliphatic heterocycles. The first kappa shape index (κ1) is 38.0. The zero-order valence-electron chi connectivity index (χ0n) is 35.1. The van der Waals surface area contributed by atoms with Crippen LogP contribution in [0.25, 0.3) is 27.6 Å². The van der Waals surface area contributed by atoms with Gasteiger partial charge >= 0.3 is 0 Å². The third-order valence-electron chi connectivity index (χ3n) is 12.2. The summed E-state index contributed by atoms with van der Waals surface area (Å²) in [6.07, 6.45) is 4.25. The molecule has 8 aromatic rings. The molecule has 0 amide bonds. The molecule has 0 saturated heterocycles. The van der Waals surface area contributed by atoms with E-state index in [-0.39, 0.29) is 16.2 Å². The highest BCUT2D eigenvalue weighted by atomic mass is 16.5. The number of para-hydroxylation sites is 1. The van der Waals surface area contributed by atoms with E-state index in [1.807, 2.05) is 12.3 Å². The number of hydrogen-bond donors (Lipinski definition) is 0. The van der Waals surface area contributed by atoms with Crippen molar-refractivity contribution >= 4 is 33.2 Å². The van der Waals surface area contributed by atoms with E-state index in [0.29, 0.717) is 6.67 Å². The normalized spacial score (nSPS) is 13.6. The molecular weight excluding hydrogens is 721 g/mol. The first-order valence-electron chi connectivity index (χ1n) is 20.6. The van der Waals surface area contributed by atoms with Gasteiger partial charge < -0.3 is 14.5 Å². The van der Waals surface area contributed by atoms with Crippen LogP contribution in [0.5, 0.6) is 11.5 Å². The van der Waals surface area contributed by atoms with Gasteiger partial charge in [-0.1, -0.05) is 146 Å². The number of fused-ring (bicyclic) bond motifs is 3. The molecule has 0 unspecified atom stereocenters. The summed E-state index contributed by atoms with van der Waals surface area (Å²) in [7, 11) is 0. The molecule has 1 aliphatic rings. The van der Waals surface area contributed by atoms with Crippen LogP contribution in [0.4, 0.5) is 11.4 Å². The minimum Gasteiger partial charge on any atom is -0.457 e. The lowest BCUT2D eigenvalue weighted by molar-refractivity contribution is 0.481. The largest absolute Gasteiger partial charge is 0.457 e. The number of benzene rings is 6. The van der Waals surface area contributed by atoms with Crippen molar-refractivity contribution in [3.8, 4) is 17.3 Å². The lowest BCUT2D eigenvalue weighted by Gasteiger charge is -2.31. The summed E-state index contributed by atoms with van der Waals surface area (Å²) in [5.41, 5.74) is 10.3. The number of pyridine rings is 1. The molecule has 0 fully saturated rings. The quantitative estimate of drug-likeness (QED) is 0.146. The summed E-state index contributed by atoms with van der Waals surface area (Å²) in [6, 6.07) is 58.3. The second-order valence-corrected chi connectivity index (χ2v) is 17.9. The highest BCUT2D eigenvalue weighted by Gasteiger charge is 2.32. The zero-order chi connectivity index (χ0) is 40.9. The maximum absolute atomic E-state index is 6.74. The summed E-state index contributed by atoms with van der Waals surface area (Å²) < 4.78 is 9.02. The third-order valence-corrected chi connectivity index (χ3v) is 12.2. The molecule has 0 saturated carbocycles. The van der Waals surface area contributed by atoms with Gasteiger partial charge in [-0.05, 0) is 76.9 Å². The SMILES string of the molecule is CC(C)(C)C1=CN(c2cccc(C(C)(C)c3ccccc3)c2)CN1c1cccc(Oc2ccc3c4ccccc4n(-c4cc(C(C)(C)c5ccccc5)ccn4)c3c2)c1. The van der Waals surface area contributed by atoms with Crippen molar-refractivity contribution in [3.63, 3.8) is 0 Å². The van der Waals surface area contributed by atoms with Gasteiger partial charge in [0.1, 0.15) is 17.3 Å². The number of anilines is 2. The fourth-order valence-corrected chi connectivity index (χ4v) is 8.62. The lowest BCUT2D eigenvalue weighted by Crippen LogP contribution is -2.30. The molecule has 2 aromatic heterocycles. The van der Waals surface area contributed by atoms with E-state index in [4.69, 9.17) is 9.72 Å². The lowest BCUT2D eigenvalue weighted by atomic mass is 9.78. The molecule has 0 spiro atoms. The standard InChI is InChI=1S/C54H52N4O/c1-52(2,3)50-36-56(42-23-16-22-40(32-42)53(4,5)38-18-10-8-11-19-38)37-57(50)43-24-17-25-44(34-43)59-45-28-29-47-46-26-14-15-27-48(46)58(49(47)35-45)51-33-41(30-31-55-51)54(6,7)39-20-12-9-13-21-39/h8-36H,37H2,1-7H3. The van der Waals surface area contributed by atoms with Gasteiger partial charge in [0.15, 0.2) is 0 Å². The molecular formula is C54H52N4O. The highest BCUT2D eigenvalue weighted by molar-refractivity contribution is 6.09. The molecule has 294 valence electrons. The predicted molar refractivity (Wildman–Crippen MR) is 246 cm³/mol. The van der Waals surface area contributed by atoms with Gasteiger partial charge in [0.25, 0.3) is 0 Å². The molecule has 0 N–H and O–H groups in total. The third kappa shape index (κ3) is 7.05. The molecule has 0 atom stereocenters. The van der Waals surface area contributed by atoms with Crippen LogP contribution in [-0.4, -0.2) is 16.2 Å². The first-order valence-corrected chi connectivity index (χ1v) is 20.6. The number of nitrogens with zero attached hydrogens (tertiary/aromatic N) is 4. The Hall–Kier alpha value is -6.59. The van der Waals surface area contributed by atoms with Gasteiger partial charge in [-0.2, -0.15) is 0 Å². The van der Waals surface area contributed by atoms with Crippen molar-refractivity contribution in [1.29, 1.82) is 0 Å². The Kier molecular flexibility index (Phi) is 9.43. The van der Waals surface area contributed by atoms with E-state index in [0.717, 1.165) is 39.4 Å². The van der Waals surface area contributed by atoms with Crippen molar-refractivity contribution in [2.24, 2.45) is 5.41 Å². The number of allylic oxidation sites excluding steroid dienone is 1. The van der Waals surface area contributed by atoms with Crippen LogP contribution >= 0.6 is 0 Å². The van der Waals surface area contributed by atoms with Gasteiger partial charge in [0.2, 0.25) is 0 Å². The Balaban J connectivity index is 1.03. The minimum atomic E-state index is -0.200. The summed E-state index contributed by atoms with van der Waals surface area (Å²) in [5, 5.41) is 2.34. The fourth-order valence-electron chi connectivity index (χ4n) is 8.62. The number of rotatable bonds is 9. The smallest absolute Gasteiger partial charge is 0.137 e. The Morgan fingerprint density at radius 3 is 1.80 bits per heavy atom. The van der Waals surface area contributed by atoms with Crippen LogP contribution in [0.15, 0.2) is 182 Å². The average Bonchev–Trinajstić information content (AvgIpc) is 3.86. The van der Waals surface area contributed by atoms with E-state index in [1.54, 1.807) is 0 Å². The molecule has 5 heteroatoms. The Morgan fingerprint density at radius 1 is 0.492 bits per heavy atom. The van der Waals surface area contributed by atoms with Crippen LogP contribution in [-0.2, 0) is 10.8 Å². The van der Waals surface area contributed by atoms with Crippen molar-refractivity contribution in [3.05, 3.63) is 204 Å². The van der Waals surface area contributed by atoms with Crippen molar-refractivity contribution < 1.29 is 4.74 Å². The second-order valence-electron chi connectivity index (χ2n) is 17.9. The summed E-state index contributed by atoms with van der Waals surface area (Å²) in [6.45, 7) is 16.7. The second kappa shape index (κ2) is 14.7. The first-order chi connectivity index (χ1) is 28.4. The van der Waals surface area contributed by atoms with E-state index in [2.05, 4.69) is 227 Å². The highest BCUT2D eigenvalue weighted by Crippen LogP contribution is 2.42. The Labute approximate surface area is 348 Å². The van der Waals surface area contributed by atoms with Gasteiger partial charge in [0.05, 0.1) is 17.7 Å². The Morgan fingerprint density at radius 2 is 1.08 bits per heavy atom. The molecule has 6 aromatic carbocycles. The summed E-state index contributed by atoms with van der Waals surface area (Å²) in [4.78, 5) is 9.74. The van der Waals surface area contributed by atoms with Crippen LogP contribution in [0.2, 0.25) is 0 Å². The molecule has 0 aliphatic carbocycles. The molecule has 9 rings (SSSR count). The predicted octanol–water partition coefficient (Wildman–Crippen LogP) is 13.8. The van der Waals surface area contributed by atoms with Gasteiger partial charge in [-0.3, -0.25) is 4.57 Å². The van der Waals surface area contributed by atoms with Crippen LogP contribution in [0.3, 0.4) is 0 Å². The number of ether oxygens (including phenoxy) is 1. The molecule has 0 radical (unpaired) electrons. The monoisotopic (exact) mass is 772 g/mol. The van der Waals surface area contributed by atoms with Crippen molar-refractivity contribution in [2.45, 2.75) is 59.3 Å². The molecule has 5 nitrogen and oxygen atoms in total. The van der Waals surface area contributed by atoms with E-state index >= 15 is 0 Å². The molecule has 3 heterocycles. The fraction of sp³-hybridized carbons (Fsp3) is 0.204. The topological polar surface area (TPSA) is 33.5 Å². The summed E-state index contributed by atoms with van der Waals surface area (Å²) in [5.74, 6) is 2.44. The average molecular weight is 773 g/mol. The maximum atomic E-state index is 6.74. The van der Waals surface area contributed by atoms with E-state index < -0.39 is 0 Å². The summed E-state index contributed by atoms with van der Waals surface area (Å²) >= 11 is 0. The Bertz CT molecular complexity index is 2830. The van der Waals surface area contributed by atoms with Crippen LogP contribution in [0, 0.1) is 5.41 Å². The van der Waals surface area contributed by atoms with Gasteiger partial charge in [0, 0.05) is 68.6 Å². The van der Waals surface area contributed by atoms with Gasteiger partial charge in [-0.25, -0.2) is 4.98 Å². The zero-order valence-corrected chi connectivity index (χ0v) is 35.1. The molecule has 59 heavy (non-hydrogen) atoms. The minimum absolute atomic E-state index is 0.0906. The maximum Gasteiger partial charge on any atom is 0.137 e. The number of aromatic nitrogens is 2. The van der Waals surface area contributed by atoms with Crippen LogP contribution < -0.4 is 14.5 Å². The van der Waals surface area contributed by atoms with Crippen molar-refractivity contribution in [1.82, 2.24) is 9.55 Å². The van der Waals surface area contributed by atoms with E-state index in [1.165, 1.54) is 39.0 Å².